The minimum Gasteiger partial charge on any atom is -0.497 e. The number of carbonyl (C=O) groups excluding carboxylic acids is 2. The van der Waals surface area contributed by atoms with Crippen molar-refractivity contribution in [3.05, 3.63) is 29.8 Å². The summed E-state index contributed by atoms with van der Waals surface area (Å²) in [6.07, 6.45) is 7.46. The topological polar surface area (TPSA) is 49.9 Å². The first-order chi connectivity index (χ1) is 14.0. The van der Waals surface area contributed by atoms with Crippen molar-refractivity contribution < 1.29 is 14.3 Å². The largest absolute Gasteiger partial charge is 0.497 e. The molecule has 0 radical (unpaired) electrons. The third-order valence-electron chi connectivity index (χ3n) is 7.51. The fraction of sp³-hybridized carbons (Fsp3) is 0.652. The molecule has 0 atom stereocenters. The number of rotatable bonds is 6. The molecule has 5 fully saturated rings. The summed E-state index contributed by atoms with van der Waals surface area (Å²) in [5, 5.41) is 0. The number of hydrogen-bond donors (Lipinski definition) is 0. The van der Waals surface area contributed by atoms with Crippen molar-refractivity contribution in [2.45, 2.75) is 50.6 Å². The number of methoxy groups -OCH3 is 1. The molecule has 29 heavy (non-hydrogen) atoms. The lowest BCUT2D eigenvalue weighted by Crippen LogP contribution is -2.62. The lowest BCUT2D eigenvalue weighted by molar-refractivity contribution is -0.155. The van der Waals surface area contributed by atoms with Gasteiger partial charge in [0.05, 0.1) is 18.7 Å². The fourth-order valence-corrected chi connectivity index (χ4v) is 7.56. The second-order valence-electron chi connectivity index (χ2n) is 9.54. The summed E-state index contributed by atoms with van der Waals surface area (Å²) < 4.78 is 5.41. The van der Waals surface area contributed by atoms with E-state index < -0.39 is 0 Å². The molecule has 4 saturated carbocycles. The van der Waals surface area contributed by atoms with Crippen molar-refractivity contribution in [3.63, 3.8) is 0 Å². The molecule has 6 rings (SSSR count). The normalized spacial score (nSPS) is 32.7. The van der Waals surface area contributed by atoms with Crippen molar-refractivity contribution >= 4 is 23.6 Å². The first kappa shape index (κ1) is 19.3. The van der Waals surface area contributed by atoms with Gasteiger partial charge in [-0.1, -0.05) is 12.1 Å². The van der Waals surface area contributed by atoms with E-state index in [1.165, 1.54) is 19.3 Å². The van der Waals surface area contributed by atoms with E-state index in [2.05, 4.69) is 11.0 Å². The van der Waals surface area contributed by atoms with E-state index in [4.69, 9.17) is 4.74 Å². The molecule has 1 aliphatic heterocycles. The molecule has 5 nitrogen and oxygen atoms in total. The average Bonchev–Trinajstić information content (AvgIpc) is 3.09. The van der Waals surface area contributed by atoms with E-state index >= 15 is 0 Å². The molecular formula is C23H30N2O3S. The molecule has 2 amide bonds. The Morgan fingerprint density at radius 1 is 1.21 bits per heavy atom. The van der Waals surface area contributed by atoms with Crippen molar-refractivity contribution in [1.82, 2.24) is 9.80 Å². The van der Waals surface area contributed by atoms with Crippen LogP contribution >= 0.6 is 11.8 Å². The summed E-state index contributed by atoms with van der Waals surface area (Å²) in [4.78, 5) is 29.6. The van der Waals surface area contributed by atoms with Crippen LogP contribution in [-0.2, 0) is 16.1 Å². The Bertz CT molecular complexity index is 776. The lowest BCUT2D eigenvalue weighted by Gasteiger charge is -2.60. The smallest absolute Gasteiger partial charge is 0.242 e. The highest BCUT2D eigenvalue weighted by Crippen LogP contribution is 2.58. The van der Waals surface area contributed by atoms with Gasteiger partial charge in [-0.3, -0.25) is 9.59 Å². The molecule has 0 unspecified atom stereocenters. The van der Waals surface area contributed by atoms with Crippen molar-refractivity contribution in [2.75, 3.05) is 25.3 Å². The van der Waals surface area contributed by atoms with Gasteiger partial charge in [-0.2, -0.15) is 0 Å². The summed E-state index contributed by atoms with van der Waals surface area (Å²) in [5.41, 5.74) is 1.08. The molecule has 4 aliphatic carbocycles. The Morgan fingerprint density at radius 3 is 2.48 bits per heavy atom. The molecule has 4 bridgehead atoms. The van der Waals surface area contributed by atoms with Gasteiger partial charge in [-0.05, 0) is 74.0 Å². The standard InChI is InChI=1S/C23H30N2O3S/c1-28-20-4-2-3-16(8-20)12-25(21(26)13-24-15-29-14-22(24)27)23-9-17-5-18(10-23)7-19(6-17)11-23/h2-4,8,17-19H,5-7,9-15H2,1H3. The zero-order valence-corrected chi connectivity index (χ0v) is 18.0. The summed E-state index contributed by atoms with van der Waals surface area (Å²) in [6.45, 7) is 0.828. The monoisotopic (exact) mass is 414 g/mol. The quantitative estimate of drug-likeness (QED) is 0.715. The summed E-state index contributed by atoms with van der Waals surface area (Å²) >= 11 is 1.60. The van der Waals surface area contributed by atoms with E-state index in [9.17, 15) is 9.59 Å². The number of amides is 2. The molecule has 1 heterocycles. The molecule has 0 aromatic heterocycles. The Hall–Kier alpha value is -1.69. The second-order valence-corrected chi connectivity index (χ2v) is 10.5. The van der Waals surface area contributed by atoms with Crippen molar-refractivity contribution in [2.24, 2.45) is 17.8 Å². The van der Waals surface area contributed by atoms with Crippen LogP contribution in [0.2, 0.25) is 0 Å². The van der Waals surface area contributed by atoms with Crippen molar-refractivity contribution in [1.29, 1.82) is 0 Å². The molecule has 1 aromatic carbocycles. The first-order valence-electron chi connectivity index (χ1n) is 10.8. The molecule has 0 N–H and O–H groups in total. The van der Waals surface area contributed by atoms with Crippen LogP contribution in [-0.4, -0.2) is 52.4 Å². The predicted molar refractivity (Wildman–Crippen MR) is 113 cm³/mol. The van der Waals surface area contributed by atoms with Crippen LogP contribution in [0, 0.1) is 17.8 Å². The van der Waals surface area contributed by atoms with Gasteiger partial charge < -0.3 is 14.5 Å². The zero-order chi connectivity index (χ0) is 20.0. The highest BCUT2D eigenvalue weighted by atomic mass is 32.2. The van der Waals surface area contributed by atoms with E-state index in [0.717, 1.165) is 48.3 Å². The summed E-state index contributed by atoms with van der Waals surface area (Å²) in [7, 11) is 1.68. The van der Waals surface area contributed by atoms with Gasteiger partial charge in [-0.25, -0.2) is 0 Å². The SMILES string of the molecule is COc1cccc(CN(C(=O)CN2CSCC2=O)C23CC4CC(CC(C4)C2)C3)c1. The van der Waals surface area contributed by atoms with Crippen LogP contribution in [0.1, 0.15) is 44.1 Å². The predicted octanol–water partition coefficient (Wildman–Crippen LogP) is 3.53. The molecule has 6 heteroatoms. The maximum absolute atomic E-state index is 13.6. The number of benzene rings is 1. The minimum absolute atomic E-state index is 0.0230. The van der Waals surface area contributed by atoms with Crippen molar-refractivity contribution in [3.8, 4) is 5.75 Å². The van der Waals surface area contributed by atoms with E-state index in [1.54, 1.807) is 23.8 Å². The van der Waals surface area contributed by atoms with Gasteiger partial charge in [0, 0.05) is 12.1 Å². The fourth-order valence-electron chi connectivity index (χ4n) is 6.66. The maximum atomic E-state index is 13.6. The molecule has 156 valence electrons. The Balaban J connectivity index is 1.44. The number of thioether (sulfide) groups is 1. The van der Waals surface area contributed by atoms with E-state index in [1.807, 2.05) is 18.2 Å². The third-order valence-corrected chi connectivity index (χ3v) is 8.45. The molecule has 1 aromatic rings. The molecular weight excluding hydrogens is 384 g/mol. The van der Waals surface area contributed by atoms with Crippen LogP contribution in [0.5, 0.6) is 5.75 Å². The van der Waals surface area contributed by atoms with Crippen LogP contribution in [0.3, 0.4) is 0 Å². The molecule has 0 spiro atoms. The molecule has 5 aliphatic rings. The van der Waals surface area contributed by atoms with Gasteiger partial charge in [0.15, 0.2) is 0 Å². The highest BCUT2D eigenvalue weighted by molar-refractivity contribution is 8.00. The van der Waals surface area contributed by atoms with Crippen LogP contribution in [0.15, 0.2) is 24.3 Å². The van der Waals surface area contributed by atoms with Gasteiger partial charge in [0.2, 0.25) is 11.8 Å². The number of nitrogens with zero attached hydrogens (tertiary/aromatic N) is 2. The average molecular weight is 415 g/mol. The first-order valence-corrected chi connectivity index (χ1v) is 12.0. The summed E-state index contributed by atoms with van der Waals surface area (Å²) in [5.74, 6) is 4.48. The second kappa shape index (κ2) is 7.53. The lowest BCUT2D eigenvalue weighted by atomic mass is 9.52. The third kappa shape index (κ3) is 3.65. The number of ether oxygens (including phenoxy) is 1. The molecule has 1 saturated heterocycles. The number of hydrogen-bond acceptors (Lipinski definition) is 4. The summed E-state index contributed by atoms with van der Waals surface area (Å²) in [6, 6.07) is 8.06. The number of carbonyl (C=O) groups is 2. The Morgan fingerprint density at radius 2 is 1.90 bits per heavy atom. The van der Waals surface area contributed by atoms with Gasteiger partial charge >= 0.3 is 0 Å². The van der Waals surface area contributed by atoms with Crippen LogP contribution in [0.4, 0.5) is 0 Å². The van der Waals surface area contributed by atoms with E-state index in [-0.39, 0.29) is 23.9 Å². The minimum atomic E-state index is -0.0230. The van der Waals surface area contributed by atoms with E-state index in [0.29, 0.717) is 18.2 Å². The van der Waals surface area contributed by atoms with Crippen LogP contribution < -0.4 is 4.74 Å². The van der Waals surface area contributed by atoms with Gasteiger partial charge in [0.25, 0.3) is 0 Å². The Kier molecular flexibility index (Phi) is 5.01. The maximum Gasteiger partial charge on any atom is 0.242 e. The van der Waals surface area contributed by atoms with Crippen LogP contribution in [0.25, 0.3) is 0 Å². The Labute approximate surface area is 177 Å². The van der Waals surface area contributed by atoms with Gasteiger partial charge in [0.1, 0.15) is 12.3 Å². The highest BCUT2D eigenvalue weighted by Gasteiger charge is 2.54. The zero-order valence-electron chi connectivity index (χ0n) is 17.1. The van der Waals surface area contributed by atoms with Gasteiger partial charge in [-0.15, -0.1) is 11.8 Å².